The molecule has 114 valence electrons. The summed E-state index contributed by atoms with van der Waals surface area (Å²) in [5.41, 5.74) is 0.458. The molecule has 0 saturated carbocycles. The Morgan fingerprint density at radius 2 is 1.26 bits per heavy atom. The summed E-state index contributed by atoms with van der Waals surface area (Å²) in [5, 5.41) is 8.82. The molecular weight excluding hydrogens is 236 g/mol. The second-order valence-corrected chi connectivity index (χ2v) is 7.52. The van der Waals surface area contributed by atoms with E-state index in [1.54, 1.807) is 0 Å². The normalized spacial score (nSPS) is 12.7. The maximum absolute atomic E-state index is 10.7. The van der Waals surface area contributed by atoms with E-state index in [9.17, 15) is 4.79 Å². The average molecular weight is 270 g/mol. The third-order valence-electron chi connectivity index (χ3n) is 4.29. The van der Waals surface area contributed by atoms with Gasteiger partial charge < -0.3 is 5.11 Å². The van der Waals surface area contributed by atoms with Crippen molar-refractivity contribution in [3.63, 3.8) is 0 Å². The van der Waals surface area contributed by atoms with Crippen LogP contribution in [0.4, 0.5) is 0 Å². The highest BCUT2D eigenvalue weighted by Crippen LogP contribution is 2.29. The van der Waals surface area contributed by atoms with Gasteiger partial charge in [0, 0.05) is 0 Å². The quantitative estimate of drug-likeness (QED) is 0.492. The fraction of sp³-hybridized carbons (Fsp3) is 0.941. The first kappa shape index (κ1) is 18.5. The van der Waals surface area contributed by atoms with Gasteiger partial charge in [-0.1, -0.05) is 73.1 Å². The molecule has 0 spiro atoms. The molecule has 0 bridgehead atoms. The van der Waals surface area contributed by atoms with Crippen LogP contribution in [0.2, 0.25) is 0 Å². The van der Waals surface area contributed by atoms with Crippen molar-refractivity contribution in [3.8, 4) is 0 Å². The topological polar surface area (TPSA) is 37.3 Å². The average Bonchev–Trinajstić information content (AvgIpc) is 2.25. The Hall–Kier alpha value is -0.530. The van der Waals surface area contributed by atoms with E-state index in [4.69, 9.17) is 5.11 Å². The van der Waals surface area contributed by atoms with Gasteiger partial charge in [0.15, 0.2) is 0 Å². The van der Waals surface area contributed by atoms with Gasteiger partial charge in [-0.3, -0.25) is 4.79 Å². The lowest BCUT2D eigenvalue weighted by atomic mass is 9.83. The van der Waals surface area contributed by atoms with Crippen molar-refractivity contribution in [2.45, 2.75) is 92.4 Å². The monoisotopic (exact) mass is 270 g/mol. The first-order valence-corrected chi connectivity index (χ1v) is 7.90. The minimum absolute atomic E-state index is 0.0456. The van der Waals surface area contributed by atoms with Crippen LogP contribution in [-0.4, -0.2) is 11.1 Å². The summed E-state index contributed by atoms with van der Waals surface area (Å²) in [6, 6.07) is 0. The van der Waals surface area contributed by atoms with Crippen LogP contribution in [0.3, 0.4) is 0 Å². The molecule has 0 aliphatic heterocycles. The standard InChI is InChI=1S/C17H34O2/c1-6-16(2,3)12-10-8-7-9-11-13-17(4,5)14-15(18)19/h6-14H2,1-5H3,(H,18,19). The molecular formula is C17H34O2. The highest BCUT2D eigenvalue weighted by Gasteiger charge is 2.20. The van der Waals surface area contributed by atoms with Gasteiger partial charge in [0.1, 0.15) is 0 Å². The Balaban J connectivity index is 3.53. The lowest BCUT2D eigenvalue weighted by Crippen LogP contribution is -2.16. The fourth-order valence-electron chi connectivity index (χ4n) is 2.41. The number of unbranched alkanes of at least 4 members (excludes halogenated alkanes) is 4. The van der Waals surface area contributed by atoms with E-state index >= 15 is 0 Å². The lowest BCUT2D eigenvalue weighted by Gasteiger charge is -2.23. The van der Waals surface area contributed by atoms with E-state index in [0.29, 0.717) is 5.41 Å². The van der Waals surface area contributed by atoms with Crippen LogP contribution < -0.4 is 0 Å². The number of carboxylic acid groups (broad SMARTS) is 1. The Bertz CT molecular complexity index is 254. The van der Waals surface area contributed by atoms with Crippen molar-refractivity contribution in [1.82, 2.24) is 0 Å². The summed E-state index contributed by atoms with van der Waals surface area (Å²) >= 11 is 0. The number of hydrogen-bond donors (Lipinski definition) is 1. The Morgan fingerprint density at radius 1 is 0.842 bits per heavy atom. The van der Waals surface area contributed by atoms with Crippen molar-refractivity contribution in [2.75, 3.05) is 0 Å². The van der Waals surface area contributed by atoms with E-state index < -0.39 is 5.97 Å². The van der Waals surface area contributed by atoms with Crippen LogP contribution in [0, 0.1) is 10.8 Å². The number of carbonyl (C=O) groups is 1. The van der Waals surface area contributed by atoms with Crippen LogP contribution in [0.5, 0.6) is 0 Å². The predicted octanol–water partition coefficient (Wildman–Crippen LogP) is 5.65. The maximum atomic E-state index is 10.7. The predicted molar refractivity (Wildman–Crippen MR) is 82.4 cm³/mol. The van der Waals surface area contributed by atoms with Crippen molar-refractivity contribution in [3.05, 3.63) is 0 Å². The number of aliphatic carboxylic acids is 1. The fourth-order valence-corrected chi connectivity index (χ4v) is 2.41. The molecule has 1 N–H and O–H groups in total. The first-order chi connectivity index (χ1) is 8.68. The largest absolute Gasteiger partial charge is 0.481 e. The van der Waals surface area contributed by atoms with Crippen LogP contribution in [0.1, 0.15) is 92.4 Å². The molecule has 0 rings (SSSR count). The first-order valence-electron chi connectivity index (χ1n) is 7.90. The number of carboxylic acids is 1. The molecule has 0 saturated heterocycles. The SMILES string of the molecule is CCC(C)(C)CCCCCCCC(C)(C)CC(=O)O. The molecule has 19 heavy (non-hydrogen) atoms. The molecule has 0 amide bonds. The van der Waals surface area contributed by atoms with Gasteiger partial charge in [0.25, 0.3) is 0 Å². The summed E-state index contributed by atoms with van der Waals surface area (Å²) in [7, 11) is 0. The molecule has 0 aromatic carbocycles. The summed E-state index contributed by atoms with van der Waals surface area (Å²) in [4.78, 5) is 10.7. The van der Waals surface area contributed by atoms with Crippen LogP contribution in [0.15, 0.2) is 0 Å². The number of rotatable bonds is 11. The molecule has 0 fully saturated rings. The summed E-state index contributed by atoms with van der Waals surface area (Å²) in [6.45, 7) is 11.1. The van der Waals surface area contributed by atoms with E-state index in [-0.39, 0.29) is 11.8 Å². The lowest BCUT2D eigenvalue weighted by molar-refractivity contribution is -0.139. The summed E-state index contributed by atoms with van der Waals surface area (Å²) in [5.74, 6) is -0.674. The van der Waals surface area contributed by atoms with Crippen LogP contribution >= 0.6 is 0 Å². The van der Waals surface area contributed by atoms with Gasteiger partial charge in [-0.2, -0.15) is 0 Å². The van der Waals surface area contributed by atoms with E-state index in [0.717, 1.165) is 12.8 Å². The summed E-state index contributed by atoms with van der Waals surface area (Å²) < 4.78 is 0. The molecule has 0 unspecified atom stereocenters. The zero-order chi connectivity index (χ0) is 14.9. The van der Waals surface area contributed by atoms with E-state index in [1.807, 2.05) is 0 Å². The minimum atomic E-state index is -0.674. The summed E-state index contributed by atoms with van der Waals surface area (Å²) in [6.07, 6.45) is 10.3. The molecule has 0 atom stereocenters. The van der Waals surface area contributed by atoms with Crippen molar-refractivity contribution >= 4 is 5.97 Å². The maximum Gasteiger partial charge on any atom is 0.303 e. The zero-order valence-corrected chi connectivity index (χ0v) is 13.7. The Labute approximate surface area is 120 Å². The number of hydrogen-bond acceptors (Lipinski definition) is 1. The second kappa shape index (κ2) is 8.60. The molecule has 0 aliphatic carbocycles. The molecule has 0 aliphatic rings. The van der Waals surface area contributed by atoms with E-state index in [2.05, 4.69) is 34.6 Å². The molecule has 2 heteroatoms. The third-order valence-corrected chi connectivity index (χ3v) is 4.29. The highest BCUT2D eigenvalue weighted by atomic mass is 16.4. The smallest absolute Gasteiger partial charge is 0.303 e. The van der Waals surface area contributed by atoms with Gasteiger partial charge in [-0.25, -0.2) is 0 Å². The van der Waals surface area contributed by atoms with Gasteiger partial charge in [0.05, 0.1) is 6.42 Å². The molecule has 0 aromatic rings. The van der Waals surface area contributed by atoms with Crippen molar-refractivity contribution < 1.29 is 9.90 Å². The van der Waals surface area contributed by atoms with Crippen molar-refractivity contribution in [1.29, 1.82) is 0 Å². The zero-order valence-electron chi connectivity index (χ0n) is 13.7. The van der Waals surface area contributed by atoms with E-state index in [1.165, 1.54) is 38.5 Å². The molecule has 0 aromatic heterocycles. The van der Waals surface area contributed by atoms with Crippen LogP contribution in [0.25, 0.3) is 0 Å². The van der Waals surface area contributed by atoms with Gasteiger partial charge in [-0.15, -0.1) is 0 Å². The second-order valence-electron chi connectivity index (χ2n) is 7.52. The Kier molecular flexibility index (Phi) is 8.36. The van der Waals surface area contributed by atoms with Gasteiger partial charge in [0.2, 0.25) is 0 Å². The van der Waals surface area contributed by atoms with Gasteiger partial charge >= 0.3 is 5.97 Å². The van der Waals surface area contributed by atoms with Crippen LogP contribution in [-0.2, 0) is 4.79 Å². The Morgan fingerprint density at radius 3 is 1.68 bits per heavy atom. The minimum Gasteiger partial charge on any atom is -0.481 e. The third kappa shape index (κ3) is 11.0. The molecule has 0 radical (unpaired) electrons. The van der Waals surface area contributed by atoms with Crippen molar-refractivity contribution in [2.24, 2.45) is 10.8 Å². The molecule has 2 nitrogen and oxygen atoms in total. The highest BCUT2D eigenvalue weighted by molar-refractivity contribution is 5.67. The van der Waals surface area contributed by atoms with Gasteiger partial charge in [-0.05, 0) is 23.7 Å². The molecule has 0 heterocycles.